The van der Waals surface area contributed by atoms with Gasteiger partial charge in [0.1, 0.15) is 0 Å². The van der Waals surface area contributed by atoms with Gasteiger partial charge in [0.05, 0.1) is 23.7 Å². The van der Waals surface area contributed by atoms with Crippen LogP contribution in [0, 0.1) is 17.0 Å². The number of carbonyl (C=O) groups excluding carboxylic acids is 2. The summed E-state index contributed by atoms with van der Waals surface area (Å²) in [5.41, 5.74) is 2.03. The predicted molar refractivity (Wildman–Crippen MR) is 111 cm³/mol. The van der Waals surface area contributed by atoms with Crippen molar-refractivity contribution in [1.29, 1.82) is 0 Å². The number of morpholine rings is 1. The first-order valence-electron chi connectivity index (χ1n) is 9.55. The molecule has 9 heteroatoms. The maximum atomic E-state index is 12.4. The number of nitro benzene ring substituents is 1. The minimum absolute atomic E-state index is 0.0853. The molecule has 1 saturated heterocycles. The molecule has 1 atom stereocenters. The van der Waals surface area contributed by atoms with E-state index in [1.165, 1.54) is 32.0 Å². The number of benzene rings is 2. The molecule has 1 fully saturated rings. The molecule has 0 aromatic heterocycles. The van der Waals surface area contributed by atoms with Gasteiger partial charge in [-0.15, -0.1) is 0 Å². The SMILES string of the molecule is Cc1cc(C(=O)OC(C)C(=O)Nc2ccc(N3CCOCC3)cc2)ccc1[N+](=O)[O-]. The Morgan fingerprint density at radius 1 is 1.17 bits per heavy atom. The number of carbonyl (C=O) groups is 2. The molecule has 1 heterocycles. The van der Waals surface area contributed by atoms with Crippen molar-refractivity contribution in [2.24, 2.45) is 0 Å². The molecule has 0 bridgehead atoms. The zero-order valence-corrected chi connectivity index (χ0v) is 16.8. The van der Waals surface area contributed by atoms with Crippen LogP contribution >= 0.6 is 0 Å². The van der Waals surface area contributed by atoms with Crippen LogP contribution in [0.2, 0.25) is 0 Å². The van der Waals surface area contributed by atoms with Crippen LogP contribution in [-0.4, -0.2) is 49.2 Å². The second-order valence-corrected chi connectivity index (χ2v) is 6.94. The van der Waals surface area contributed by atoms with Gasteiger partial charge in [-0.3, -0.25) is 14.9 Å². The molecule has 0 radical (unpaired) electrons. The summed E-state index contributed by atoms with van der Waals surface area (Å²) in [6, 6.07) is 11.3. The summed E-state index contributed by atoms with van der Waals surface area (Å²) in [7, 11) is 0. The number of nitrogens with zero attached hydrogens (tertiary/aromatic N) is 2. The quantitative estimate of drug-likeness (QED) is 0.440. The number of amides is 1. The van der Waals surface area contributed by atoms with E-state index in [-0.39, 0.29) is 11.3 Å². The van der Waals surface area contributed by atoms with Crippen LogP contribution in [0.25, 0.3) is 0 Å². The Hall–Kier alpha value is -3.46. The second-order valence-electron chi connectivity index (χ2n) is 6.94. The molecule has 2 aromatic rings. The lowest BCUT2D eigenvalue weighted by Crippen LogP contribution is -2.36. The van der Waals surface area contributed by atoms with Crippen molar-refractivity contribution in [3.63, 3.8) is 0 Å². The van der Waals surface area contributed by atoms with Crippen molar-refractivity contribution in [3.8, 4) is 0 Å². The number of nitro groups is 1. The van der Waals surface area contributed by atoms with Crippen molar-refractivity contribution in [2.45, 2.75) is 20.0 Å². The highest BCUT2D eigenvalue weighted by atomic mass is 16.6. The van der Waals surface area contributed by atoms with Gasteiger partial charge in [0.25, 0.3) is 11.6 Å². The second kappa shape index (κ2) is 9.36. The summed E-state index contributed by atoms with van der Waals surface area (Å²) in [5.74, 6) is -1.19. The molecule has 9 nitrogen and oxygen atoms in total. The lowest BCUT2D eigenvalue weighted by atomic mass is 10.1. The van der Waals surface area contributed by atoms with Gasteiger partial charge in [0.2, 0.25) is 0 Å². The fourth-order valence-electron chi connectivity index (χ4n) is 3.09. The molecular formula is C21H23N3O6. The summed E-state index contributed by atoms with van der Waals surface area (Å²) in [6.45, 7) is 6.02. The molecule has 1 N–H and O–H groups in total. The molecule has 0 spiro atoms. The molecule has 30 heavy (non-hydrogen) atoms. The molecule has 1 amide bonds. The summed E-state index contributed by atoms with van der Waals surface area (Å²) in [5, 5.41) is 13.6. The number of nitrogens with one attached hydrogen (secondary N) is 1. The lowest BCUT2D eigenvalue weighted by molar-refractivity contribution is -0.385. The molecular weight excluding hydrogens is 390 g/mol. The summed E-state index contributed by atoms with van der Waals surface area (Å²) in [6.07, 6.45) is -1.04. The van der Waals surface area contributed by atoms with E-state index in [9.17, 15) is 19.7 Å². The summed E-state index contributed by atoms with van der Waals surface area (Å²) >= 11 is 0. The van der Waals surface area contributed by atoms with Gasteiger partial charge in [0.15, 0.2) is 6.10 Å². The Morgan fingerprint density at radius 3 is 2.43 bits per heavy atom. The smallest absolute Gasteiger partial charge is 0.338 e. The summed E-state index contributed by atoms with van der Waals surface area (Å²) < 4.78 is 10.5. The van der Waals surface area contributed by atoms with Crippen LogP contribution in [0.3, 0.4) is 0 Å². The minimum Gasteiger partial charge on any atom is -0.449 e. The first-order valence-corrected chi connectivity index (χ1v) is 9.55. The molecule has 1 unspecified atom stereocenters. The van der Waals surface area contributed by atoms with Gasteiger partial charge in [-0.2, -0.15) is 0 Å². The normalized spacial score (nSPS) is 14.7. The average Bonchev–Trinajstić information content (AvgIpc) is 2.74. The Balaban J connectivity index is 1.57. The van der Waals surface area contributed by atoms with Crippen LogP contribution in [0.1, 0.15) is 22.8 Å². The van der Waals surface area contributed by atoms with E-state index in [4.69, 9.17) is 9.47 Å². The van der Waals surface area contributed by atoms with E-state index in [1.54, 1.807) is 12.1 Å². The van der Waals surface area contributed by atoms with E-state index in [2.05, 4.69) is 10.2 Å². The van der Waals surface area contributed by atoms with Crippen LogP contribution in [0.15, 0.2) is 42.5 Å². The van der Waals surface area contributed by atoms with Gasteiger partial charge < -0.3 is 19.7 Å². The Kier molecular flexibility index (Phi) is 6.63. The third-order valence-electron chi connectivity index (χ3n) is 4.79. The lowest BCUT2D eigenvalue weighted by Gasteiger charge is -2.28. The van der Waals surface area contributed by atoms with Crippen molar-refractivity contribution >= 4 is 28.9 Å². The van der Waals surface area contributed by atoms with E-state index < -0.39 is 22.9 Å². The molecule has 0 aliphatic carbocycles. The topological polar surface area (TPSA) is 111 Å². The first-order chi connectivity index (χ1) is 14.3. The minimum atomic E-state index is -1.04. The van der Waals surface area contributed by atoms with E-state index >= 15 is 0 Å². The highest BCUT2D eigenvalue weighted by Crippen LogP contribution is 2.21. The third kappa shape index (κ3) is 5.12. The number of esters is 1. The standard InChI is InChI=1S/C21H23N3O6/c1-14-13-16(3-8-19(14)24(27)28)21(26)30-15(2)20(25)22-17-4-6-18(7-5-17)23-9-11-29-12-10-23/h3-8,13,15H,9-12H2,1-2H3,(H,22,25). The molecule has 2 aromatic carbocycles. The molecule has 0 saturated carbocycles. The van der Waals surface area contributed by atoms with E-state index in [0.717, 1.165) is 18.8 Å². The van der Waals surface area contributed by atoms with Gasteiger partial charge in [-0.1, -0.05) is 0 Å². The fraction of sp³-hybridized carbons (Fsp3) is 0.333. The number of aryl methyl sites for hydroxylation is 1. The van der Waals surface area contributed by atoms with Crippen LogP contribution < -0.4 is 10.2 Å². The zero-order chi connectivity index (χ0) is 21.7. The van der Waals surface area contributed by atoms with Crippen LogP contribution in [0.5, 0.6) is 0 Å². The van der Waals surface area contributed by atoms with E-state index in [1.807, 2.05) is 12.1 Å². The van der Waals surface area contributed by atoms with Crippen molar-refractivity contribution in [2.75, 3.05) is 36.5 Å². The monoisotopic (exact) mass is 413 g/mol. The number of ether oxygens (including phenoxy) is 2. The molecule has 1 aliphatic rings. The van der Waals surface area contributed by atoms with Gasteiger partial charge in [-0.05, 0) is 50.2 Å². The Morgan fingerprint density at radius 2 is 1.83 bits per heavy atom. The maximum Gasteiger partial charge on any atom is 0.338 e. The van der Waals surface area contributed by atoms with Gasteiger partial charge in [-0.25, -0.2) is 4.79 Å². The third-order valence-corrected chi connectivity index (χ3v) is 4.79. The molecule has 1 aliphatic heterocycles. The molecule has 158 valence electrons. The number of rotatable bonds is 6. The van der Waals surface area contributed by atoms with E-state index in [0.29, 0.717) is 24.5 Å². The number of anilines is 2. The first kappa shape index (κ1) is 21.3. The predicted octanol–water partition coefficient (Wildman–Crippen LogP) is 2.92. The van der Waals surface area contributed by atoms with Crippen molar-refractivity contribution < 1.29 is 24.0 Å². The Bertz CT molecular complexity index is 938. The highest BCUT2D eigenvalue weighted by Gasteiger charge is 2.21. The zero-order valence-electron chi connectivity index (χ0n) is 16.8. The summed E-state index contributed by atoms with van der Waals surface area (Å²) in [4.78, 5) is 37.2. The van der Waals surface area contributed by atoms with Crippen molar-refractivity contribution in [3.05, 3.63) is 63.7 Å². The number of hydrogen-bond donors (Lipinski definition) is 1. The maximum absolute atomic E-state index is 12.4. The fourth-order valence-corrected chi connectivity index (χ4v) is 3.09. The van der Waals surface area contributed by atoms with Gasteiger partial charge in [0, 0.05) is 36.1 Å². The Labute approximate surface area is 173 Å². The largest absolute Gasteiger partial charge is 0.449 e. The van der Waals surface area contributed by atoms with Crippen LogP contribution in [-0.2, 0) is 14.3 Å². The molecule has 3 rings (SSSR count). The van der Waals surface area contributed by atoms with Crippen LogP contribution in [0.4, 0.5) is 17.1 Å². The van der Waals surface area contributed by atoms with Gasteiger partial charge >= 0.3 is 5.97 Å². The average molecular weight is 413 g/mol. The van der Waals surface area contributed by atoms with Crippen molar-refractivity contribution in [1.82, 2.24) is 0 Å². The highest BCUT2D eigenvalue weighted by molar-refractivity contribution is 5.97. The number of hydrogen-bond acceptors (Lipinski definition) is 7.